The number of aromatic nitrogens is 1. The highest BCUT2D eigenvalue weighted by molar-refractivity contribution is 5.83. The normalized spacial score (nSPS) is 37.2. The van der Waals surface area contributed by atoms with Crippen LogP contribution in [-0.4, -0.2) is 123 Å². The Balaban J connectivity index is 1.59. The molecule has 0 bridgehead atoms. The summed E-state index contributed by atoms with van der Waals surface area (Å²) >= 11 is 0. The topological polar surface area (TPSA) is 177 Å². The van der Waals surface area contributed by atoms with Crippen LogP contribution in [-0.2, 0) is 28.5 Å². The Labute approximate surface area is 337 Å². The predicted octanol–water partition coefficient (Wildman–Crippen LogP) is 3.40. The minimum atomic E-state index is -1.95. The zero-order valence-electron chi connectivity index (χ0n) is 35.3. The molecule has 0 radical (unpaired) electrons. The second-order valence-electron chi connectivity index (χ2n) is 16.8. The molecular formula is C44H64N2O11. The number of aryl methyl sites for hydroxylation is 1. The first-order valence-corrected chi connectivity index (χ1v) is 20.0. The van der Waals surface area contributed by atoms with Gasteiger partial charge in [-0.25, -0.2) is 0 Å². The Morgan fingerprint density at radius 3 is 2.23 bits per heavy atom. The highest BCUT2D eigenvalue weighted by Gasteiger charge is 2.52. The molecule has 4 rings (SSSR count). The SMILES string of the molecule is CC[C@H]1OC(=O)[C@H](C)[C@@H](O)[C@H](C)[C@@H](O[C@@H]2O[C@H](C)C[C@H](N(C)CC#Cc3ccc(-n4cc(C)ccc4=O)cc3)[C@H]2O)[C@](C)(OC)C[C@@H](C)C(=O)[C@H](C)[C@@H](O)[C@]1(C)O. The zero-order chi connectivity index (χ0) is 42.6. The summed E-state index contributed by atoms with van der Waals surface area (Å²) in [6.45, 7) is 15.4. The van der Waals surface area contributed by atoms with Crippen LogP contribution in [0, 0.1) is 42.4 Å². The van der Waals surface area contributed by atoms with Gasteiger partial charge in [0.05, 0.1) is 42.5 Å². The molecule has 0 amide bonds. The van der Waals surface area contributed by atoms with Crippen LogP contribution in [0.1, 0.15) is 85.8 Å². The van der Waals surface area contributed by atoms with Crippen molar-refractivity contribution in [2.24, 2.45) is 23.7 Å². The summed E-state index contributed by atoms with van der Waals surface area (Å²) in [4.78, 5) is 41.6. The molecule has 0 unspecified atom stereocenters. The molecule has 2 aliphatic heterocycles. The van der Waals surface area contributed by atoms with Crippen LogP contribution in [0.3, 0.4) is 0 Å². The Hall–Kier alpha value is -3.45. The molecule has 1 aromatic heterocycles. The summed E-state index contributed by atoms with van der Waals surface area (Å²) in [7, 11) is 3.32. The molecule has 14 atom stereocenters. The quantitative estimate of drug-likeness (QED) is 0.238. The van der Waals surface area contributed by atoms with Crippen molar-refractivity contribution in [2.45, 2.75) is 142 Å². The average Bonchev–Trinajstić information content (AvgIpc) is 3.18. The highest BCUT2D eigenvalue weighted by Crippen LogP contribution is 2.39. The molecule has 2 aliphatic rings. The maximum atomic E-state index is 13.8. The average molecular weight is 797 g/mol. The van der Waals surface area contributed by atoms with E-state index in [1.807, 2.05) is 50.1 Å². The van der Waals surface area contributed by atoms with Gasteiger partial charge in [-0.1, -0.05) is 45.6 Å². The summed E-state index contributed by atoms with van der Waals surface area (Å²) in [5.41, 5.74) is -0.883. The van der Waals surface area contributed by atoms with E-state index in [-0.39, 0.29) is 30.3 Å². The lowest BCUT2D eigenvalue weighted by Crippen LogP contribution is -2.60. The van der Waals surface area contributed by atoms with E-state index in [1.165, 1.54) is 33.9 Å². The second kappa shape index (κ2) is 19.1. The number of aliphatic hydroxyl groups is 4. The number of benzene rings is 1. The van der Waals surface area contributed by atoms with Crippen molar-refractivity contribution in [3.05, 3.63) is 64.1 Å². The summed E-state index contributed by atoms with van der Waals surface area (Å²) in [5.74, 6) is 1.56. The van der Waals surface area contributed by atoms with E-state index >= 15 is 0 Å². The molecule has 13 nitrogen and oxygen atoms in total. The number of pyridine rings is 1. The van der Waals surface area contributed by atoms with Gasteiger partial charge in [-0.05, 0) is 90.8 Å². The Kier molecular flexibility index (Phi) is 15.5. The number of methoxy groups -OCH3 is 1. The molecule has 13 heteroatoms. The number of rotatable bonds is 7. The van der Waals surface area contributed by atoms with Gasteiger partial charge >= 0.3 is 5.97 Å². The third-order valence-electron chi connectivity index (χ3n) is 12.2. The van der Waals surface area contributed by atoms with Gasteiger partial charge in [0.1, 0.15) is 23.6 Å². The van der Waals surface area contributed by atoms with Crippen molar-refractivity contribution in [3.8, 4) is 17.5 Å². The first-order valence-electron chi connectivity index (χ1n) is 20.0. The van der Waals surface area contributed by atoms with Gasteiger partial charge in [0.2, 0.25) is 0 Å². The molecule has 0 aliphatic carbocycles. The third kappa shape index (κ3) is 10.4. The largest absolute Gasteiger partial charge is 0.459 e. The number of hydrogen-bond donors (Lipinski definition) is 4. The summed E-state index contributed by atoms with van der Waals surface area (Å²) in [6.07, 6.45) is -5.29. The van der Waals surface area contributed by atoms with Crippen molar-refractivity contribution in [3.63, 3.8) is 0 Å². The van der Waals surface area contributed by atoms with Gasteiger partial charge in [-0.15, -0.1) is 0 Å². The molecule has 2 saturated heterocycles. The number of ether oxygens (including phenoxy) is 4. The van der Waals surface area contributed by atoms with Crippen LogP contribution in [0.15, 0.2) is 47.4 Å². The van der Waals surface area contributed by atoms with E-state index in [0.717, 1.165) is 16.8 Å². The van der Waals surface area contributed by atoms with E-state index in [4.69, 9.17) is 18.9 Å². The van der Waals surface area contributed by atoms with Crippen molar-refractivity contribution in [1.82, 2.24) is 9.47 Å². The first-order chi connectivity index (χ1) is 26.7. The minimum Gasteiger partial charge on any atom is -0.459 e. The Bertz CT molecular complexity index is 1800. The maximum Gasteiger partial charge on any atom is 0.311 e. The number of carbonyl (C=O) groups excluding carboxylic acids is 2. The number of nitrogens with zero attached hydrogens (tertiary/aromatic N) is 2. The molecular weight excluding hydrogens is 732 g/mol. The Morgan fingerprint density at radius 1 is 0.965 bits per heavy atom. The fourth-order valence-corrected chi connectivity index (χ4v) is 8.39. The monoisotopic (exact) mass is 796 g/mol. The molecule has 57 heavy (non-hydrogen) atoms. The number of likely N-dealkylation sites (N-methyl/N-ethyl adjacent to an activating group) is 1. The van der Waals surface area contributed by atoms with Crippen LogP contribution < -0.4 is 5.56 Å². The number of carbonyl (C=O) groups is 2. The van der Waals surface area contributed by atoms with E-state index in [9.17, 15) is 34.8 Å². The first kappa shape index (κ1) is 46.2. The standard InChI is InChI=1S/C44H64N2O11/c1-12-34-44(9,53)39(51)28(5)36(48)26(3)23-43(8,54-11)40(29(6)37(49)30(7)41(52)56-34)57-42-38(50)33(22-27(4)55-42)45(10)21-13-14-31-16-18-32(19-17-31)46-24-25(2)15-20-35(46)47/h15-20,24,26-30,33-34,37-40,42,49-51,53H,12,21-23H2,1-11H3/t26-,27-,28+,29+,30-,33+,34-,37+,38-,39-,40-,42+,43-,44-/m1/s1. The molecule has 3 heterocycles. The number of esters is 1. The summed E-state index contributed by atoms with van der Waals surface area (Å²) in [6, 6.07) is 10.3. The fraction of sp³-hybridized carbons (Fsp3) is 0.659. The molecule has 316 valence electrons. The van der Waals surface area contributed by atoms with Crippen molar-refractivity contribution < 1.29 is 49.0 Å². The summed E-state index contributed by atoms with van der Waals surface area (Å²) < 4.78 is 26.3. The van der Waals surface area contributed by atoms with E-state index < -0.39 is 83.7 Å². The fourth-order valence-electron chi connectivity index (χ4n) is 8.39. The van der Waals surface area contributed by atoms with Crippen LogP contribution in [0.4, 0.5) is 0 Å². The van der Waals surface area contributed by atoms with Crippen molar-refractivity contribution in [1.29, 1.82) is 0 Å². The number of ketones is 1. The lowest BCUT2D eigenvalue weighted by Gasteiger charge is -2.48. The van der Waals surface area contributed by atoms with Gasteiger partial charge in [0, 0.05) is 54.4 Å². The molecule has 0 saturated carbocycles. The number of aliphatic hydroxyl groups excluding tert-OH is 3. The predicted molar refractivity (Wildman–Crippen MR) is 214 cm³/mol. The maximum absolute atomic E-state index is 13.8. The second-order valence-corrected chi connectivity index (χ2v) is 16.8. The van der Waals surface area contributed by atoms with Crippen molar-refractivity contribution in [2.75, 3.05) is 20.7 Å². The minimum absolute atomic E-state index is 0.0826. The number of hydrogen-bond acceptors (Lipinski definition) is 12. The summed E-state index contributed by atoms with van der Waals surface area (Å²) in [5, 5.41) is 46.2. The number of cyclic esters (lactones) is 1. The van der Waals surface area contributed by atoms with Gasteiger partial charge in [0.15, 0.2) is 6.29 Å². The van der Waals surface area contributed by atoms with E-state index in [0.29, 0.717) is 13.0 Å². The van der Waals surface area contributed by atoms with Crippen LogP contribution in [0.25, 0.3) is 5.69 Å². The van der Waals surface area contributed by atoms with Crippen LogP contribution in [0.2, 0.25) is 0 Å². The lowest BCUT2D eigenvalue weighted by molar-refractivity contribution is -0.301. The van der Waals surface area contributed by atoms with Gasteiger partial charge in [-0.3, -0.25) is 23.9 Å². The van der Waals surface area contributed by atoms with E-state index in [1.54, 1.807) is 44.5 Å². The molecule has 2 fully saturated rings. The van der Waals surface area contributed by atoms with E-state index in [2.05, 4.69) is 11.8 Å². The third-order valence-corrected chi connectivity index (χ3v) is 12.2. The van der Waals surface area contributed by atoms with Crippen molar-refractivity contribution >= 4 is 11.8 Å². The van der Waals surface area contributed by atoms with Crippen LogP contribution in [0.5, 0.6) is 0 Å². The van der Waals surface area contributed by atoms with Gasteiger partial charge in [0.25, 0.3) is 5.56 Å². The lowest BCUT2D eigenvalue weighted by atomic mass is 9.74. The van der Waals surface area contributed by atoms with Crippen LogP contribution >= 0.6 is 0 Å². The zero-order valence-corrected chi connectivity index (χ0v) is 35.3. The van der Waals surface area contributed by atoms with Gasteiger partial charge in [-0.2, -0.15) is 0 Å². The Morgan fingerprint density at radius 2 is 1.61 bits per heavy atom. The highest BCUT2D eigenvalue weighted by atomic mass is 16.7. The molecule has 4 N–H and O–H groups in total. The molecule has 0 spiro atoms. The number of Topliss-reactive ketones (excluding diaryl/α,β-unsaturated/α-hetero) is 1. The molecule has 1 aromatic carbocycles. The molecule has 2 aromatic rings. The smallest absolute Gasteiger partial charge is 0.311 e. The van der Waals surface area contributed by atoms with Gasteiger partial charge < -0.3 is 39.4 Å².